The minimum atomic E-state index is 0.371. The highest BCUT2D eigenvalue weighted by atomic mass is 16.5. The Labute approximate surface area is 74.5 Å². The Bertz CT molecular complexity index is 143. The predicted octanol–water partition coefficient (Wildman–Crippen LogP) is 1.54. The van der Waals surface area contributed by atoms with Gasteiger partial charge in [0.05, 0.1) is 12.7 Å². The Morgan fingerprint density at radius 2 is 1.92 bits per heavy atom. The Hall–Kier alpha value is -0.0800. The quantitative estimate of drug-likeness (QED) is 0.680. The smallest absolute Gasteiger partial charge is 0.0701 e. The molecule has 0 aromatic rings. The van der Waals surface area contributed by atoms with E-state index in [1.165, 1.54) is 32.1 Å². The summed E-state index contributed by atoms with van der Waals surface area (Å²) in [6.07, 6.45) is 7.34. The fraction of sp³-hybridized carbons (Fsp3) is 1.00. The van der Waals surface area contributed by atoms with Crippen LogP contribution in [0, 0.1) is 11.8 Å². The molecule has 2 aliphatic rings. The monoisotopic (exact) mass is 169 g/mol. The first kappa shape index (κ1) is 8.52. The highest BCUT2D eigenvalue weighted by Gasteiger charge is 2.32. The first-order valence-corrected chi connectivity index (χ1v) is 5.22. The lowest BCUT2D eigenvalue weighted by atomic mass is 9.89. The van der Waals surface area contributed by atoms with Gasteiger partial charge < -0.3 is 10.5 Å². The Morgan fingerprint density at radius 1 is 1.17 bits per heavy atom. The summed E-state index contributed by atoms with van der Waals surface area (Å²) in [6, 6.07) is 0. The Balaban J connectivity index is 1.81. The van der Waals surface area contributed by atoms with Crippen molar-refractivity contribution in [1.29, 1.82) is 0 Å². The summed E-state index contributed by atoms with van der Waals surface area (Å²) < 4.78 is 5.60. The molecular weight excluding hydrogens is 150 g/mol. The Morgan fingerprint density at radius 3 is 2.50 bits per heavy atom. The van der Waals surface area contributed by atoms with Crippen LogP contribution < -0.4 is 5.73 Å². The van der Waals surface area contributed by atoms with Crippen LogP contribution in [0.1, 0.15) is 32.1 Å². The van der Waals surface area contributed by atoms with Crippen molar-refractivity contribution in [2.75, 3.05) is 13.2 Å². The van der Waals surface area contributed by atoms with Crippen LogP contribution in [0.4, 0.5) is 0 Å². The second-order valence-corrected chi connectivity index (χ2v) is 4.23. The highest BCUT2D eigenvalue weighted by Crippen LogP contribution is 2.36. The van der Waals surface area contributed by atoms with Crippen molar-refractivity contribution < 1.29 is 4.74 Å². The van der Waals surface area contributed by atoms with Crippen LogP contribution >= 0.6 is 0 Å². The molecular formula is C10H19NO. The number of ether oxygens (including phenoxy) is 1. The van der Waals surface area contributed by atoms with Crippen LogP contribution in [-0.4, -0.2) is 19.3 Å². The standard InChI is InChI=1S/C10H19NO/c11-6-10-5-9(7-12-10)8-3-1-2-4-8/h8-10H,1-7,11H2/t9-,10-/m1/s1. The van der Waals surface area contributed by atoms with Gasteiger partial charge in [0.25, 0.3) is 0 Å². The van der Waals surface area contributed by atoms with Crippen LogP contribution in [0.15, 0.2) is 0 Å². The molecule has 1 heterocycles. The topological polar surface area (TPSA) is 35.2 Å². The third-order valence-electron chi connectivity index (χ3n) is 3.44. The molecule has 2 nitrogen and oxygen atoms in total. The molecule has 2 heteroatoms. The first-order chi connectivity index (χ1) is 5.90. The first-order valence-electron chi connectivity index (χ1n) is 5.22. The second kappa shape index (κ2) is 3.75. The minimum Gasteiger partial charge on any atom is -0.377 e. The van der Waals surface area contributed by atoms with Gasteiger partial charge in [0.1, 0.15) is 0 Å². The van der Waals surface area contributed by atoms with E-state index in [1.807, 2.05) is 0 Å². The Kier molecular flexibility index (Phi) is 2.66. The molecule has 1 saturated heterocycles. The molecule has 12 heavy (non-hydrogen) atoms. The van der Waals surface area contributed by atoms with Gasteiger partial charge in [-0.05, 0) is 18.3 Å². The van der Waals surface area contributed by atoms with Crippen LogP contribution in [0.3, 0.4) is 0 Å². The van der Waals surface area contributed by atoms with E-state index >= 15 is 0 Å². The predicted molar refractivity (Wildman–Crippen MR) is 48.9 cm³/mol. The zero-order valence-electron chi connectivity index (χ0n) is 7.67. The van der Waals surface area contributed by atoms with Gasteiger partial charge in [0.2, 0.25) is 0 Å². The van der Waals surface area contributed by atoms with Crippen molar-refractivity contribution in [3.8, 4) is 0 Å². The summed E-state index contributed by atoms with van der Waals surface area (Å²) in [5, 5.41) is 0. The molecule has 2 atom stereocenters. The molecule has 0 spiro atoms. The van der Waals surface area contributed by atoms with E-state index in [0.717, 1.165) is 18.4 Å². The summed E-state index contributed by atoms with van der Waals surface area (Å²) in [5.41, 5.74) is 5.57. The molecule has 0 radical (unpaired) electrons. The molecule has 0 unspecified atom stereocenters. The van der Waals surface area contributed by atoms with Crippen molar-refractivity contribution in [2.45, 2.75) is 38.2 Å². The third-order valence-corrected chi connectivity index (χ3v) is 3.44. The van der Waals surface area contributed by atoms with Gasteiger partial charge in [-0.2, -0.15) is 0 Å². The second-order valence-electron chi connectivity index (χ2n) is 4.23. The van der Waals surface area contributed by atoms with Crippen LogP contribution in [0.2, 0.25) is 0 Å². The van der Waals surface area contributed by atoms with Crippen molar-refractivity contribution in [3.63, 3.8) is 0 Å². The van der Waals surface area contributed by atoms with Crippen LogP contribution in [0.25, 0.3) is 0 Å². The molecule has 0 aromatic heterocycles. The minimum absolute atomic E-state index is 0.371. The van der Waals surface area contributed by atoms with E-state index < -0.39 is 0 Å². The highest BCUT2D eigenvalue weighted by molar-refractivity contribution is 4.82. The number of hydrogen-bond acceptors (Lipinski definition) is 2. The molecule has 2 N–H and O–H groups in total. The number of nitrogens with two attached hydrogens (primary N) is 1. The maximum Gasteiger partial charge on any atom is 0.0701 e. The average molecular weight is 169 g/mol. The van der Waals surface area contributed by atoms with Gasteiger partial charge in [-0.3, -0.25) is 0 Å². The van der Waals surface area contributed by atoms with Gasteiger partial charge in [-0.25, -0.2) is 0 Å². The SMILES string of the molecule is NC[C@H]1C[C@@H](C2CCCC2)CO1. The normalized spacial score (nSPS) is 37.8. The van der Waals surface area contributed by atoms with E-state index in [4.69, 9.17) is 10.5 Å². The van der Waals surface area contributed by atoms with E-state index in [9.17, 15) is 0 Å². The number of hydrogen-bond donors (Lipinski definition) is 1. The molecule has 2 fully saturated rings. The van der Waals surface area contributed by atoms with Gasteiger partial charge in [0, 0.05) is 6.54 Å². The van der Waals surface area contributed by atoms with Gasteiger partial charge in [-0.15, -0.1) is 0 Å². The summed E-state index contributed by atoms with van der Waals surface area (Å²) >= 11 is 0. The fourth-order valence-corrected chi connectivity index (χ4v) is 2.66. The average Bonchev–Trinajstić information content (AvgIpc) is 2.75. The molecule has 0 bridgehead atoms. The van der Waals surface area contributed by atoms with Crippen molar-refractivity contribution in [3.05, 3.63) is 0 Å². The fourth-order valence-electron chi connectivity index (χ4n) is 2.66. The molecule has 0 amide bonds. The molecule has 1 aliphatic heterocycles. The van der Waals surface area contributed by atoms with Gasteiger partial charge in [0.15, 0.2) is 0 Å². The lowest BCUT2D eigenvalue weighted by Gasteiger charge is -2.15. The van der Waals surface area contributed by atoms with Crippen molar-refractivity contribution in [2.24, 2.45) is 17.6 Å². The summed E-state index contributed by atoms with van der Waals surface area (Å²) in [5.74, 6) is 1.79. The molecule has 1 saturated carbocycles. The van der Waals surface area contributed by atoms with E-state index in [0.29, 0.717) is 12.6 Å². The van der Waals surface area contributed by atoms with Crippen LogP contribution in [-0.2, 0) is 4.74 Å². The maximum absolute atomic E-state index is 5.60. The molecule has 70 valence electrons. The van der Waals surface area contributed by atoms with Crippen molar-refractivity contribution >= 4 is 0 Å². The zero-order valence-corrected chi connectivity index (χ0v) is 7.67. The van der Waals surface area contributed by atoms with Gasteiger partial charge in [-0.1, -0.05) is 25.7 Å². The molecule has 0 aromatic carbocycles. The maximum atomic E-state index is 5.60. The molecule has 1 aliphatic carbocycles. The number of rotatable bonds is 2. The summed E-state index contributed by atoms with van der Waals surface area (Å²) in [4.78, 5) is 0. The third kappa shape index (κ3) is 1.64. The lowest BCUT2D eigenvalue weighted by molar-refractivity contribution is 0.108. The lowest BCUT2D eigenvalue weighted by Crippen LogP contribution is -2.19. The largest absolute Gasteiger partial charge is 0.377 e. The zero-order chi connectivity index (χ0) is 8.39. The summed E-state index contributed by atoms with van der Waals surface area (Å²) in [7, 11) is 0. The van der Waals surface area contributed by atoms with E-state index in [1.54, 1.807) is 0 Å². The van der Waals surface area contributed by atoms with Crippen LogP contribution in [0.5, 0.6) is 0 Å². The van der Waals surface area contributed by atoms with E-state index in [-0.39, 0.29) is 0 Å². The molecule has 2 rings (SSSR count). The summed E-state index contributed by atoms with van der Waals surface area (Å²) in [6.45, 7) is 1.69. The van der Waals surface area contributed by atoms with Crippen molar-refractivity contribution in [1.82, 2.24) is 0 Å². The van der Waals surface area contributed by atoms with Gasteiger partial charge >= 0.3 is 0 Å². The van der Waals surface area contributed by atoms with E-state index in [2.05, 4.69) is 0 Å².